The molecule has 0 unspecified atom stereocenters. The van der Waals surface area contributed by atoms with Crippen LogP contribution in [0.15, 0.2) is 18.2 Å². The maximum Gasteiger partial charge on any atom is 0.0424 e. The molecule has 0 bridgehead atoms. The fraction of sp³-hybridized carbons (Fsp3) is 0.600. The van der Waals surface area contributed by atoms with Crippen molar-refractivity contribution in [3.05, 3.63) is 33.8 Å². The third kappa shape index (κ3) is 3.08. The van der Waals surface area contributed by atoms with Crippen molar-refractivity contribution in [3.63, 3.8) is 0 Å². The largest absolute Gasteiger partial charge is 0.314 e. The van der Waals surface area contributed by atoms with Crippen molar-refractivity contribution in [1.29, 1.82) is 0 Å². The van der Waals surface area contributed by atoms with E-state index in [1.165, 1.54) is 24.8 Å². The number of nitrogens with zero attached hydrogens (tertiary/aromatic N) is 1. The molecule has 1 N–H and O–H groups in total. The molecule has 1 atom stereocenters. The lowest BCUT2D eigenvalue weighted by atomic mass is 9.76. The van der Waals surface area contributed by atoms with Crippen molar-refractivity contribution >= 4 is 23.2 Å². The van der Waals surface area contributed by atoms with Crippen LogP contribution in [-0.4, -0.2) is 31.1 Å². The van der Waals surface area contributed by atoms with Gasteiger partial charge in [-0.05, 0) is 42.5 Å². The lowest BCUT2D eigenvalue weighted by Gasteiger charge is -2.43. The summed E-state index contributed by atoms with van der Waals surface area (Å²) in [5, 5.41) is 4.93. The predicted molar refractivity (Wildman–Crippen MR) is 81.0 cm³/mol. The number of piperazine rings is 1. The van der Waals surface area contributed by atoms with Gasteiger partial charge in [-0.3, -0.25) is 4.90 Å². The molecule has 0 aromatic heterocycles. The first-order valence-corrected chi connectivity index (χ1v) is 7.90. The van der Waals surface area contributed by atoms with Gasteiger partial charge in [-0.2, -0.15) is 0 Å². The van der Waals surface area contributed by atoms with Crippen LogP contribution in [-0.2, 0) is 0 Å². The van der Waals surface area contributed by atoms with Crippen molar-refractivity contribution in [1.82, 2.24) is 10.2 Å². The summed E-state index contributed by atoms with van der Waals surface area (Å²) >= 11 is 12.4. The van der Waals surface area contributed by atoms with E-state index in [-0.39, 0.29) is 0 Å². The summed E-state index contributed by atoms with van der Waals surface area (Å²) in [4.78, 5) is 2.60. The maximum atomic E-state index is 6.18. The Morgan fingerprint density at radius 3 is 2.21 bits per heavy atom. The van der Waals surface area contributed by atoms with Gasteiger partial charge in [0, 0.05) is 42.3 Å². The Morgan fingerprint density at radius 2 is 1.68 bits per heavy atom. The van der Waals surface area contributed by atoms with E-state index in [2.05, 4.69) is 22.3 Å². The van der Waals surface area contributed by atoms with Gasteiger partial charge < -0.3 is 5.32 Å². The topological polar surface area (TPSA) is 15.3 Å². The van der Waals surface area contributed by atoms with E-state index >= 15 is 0 Å². The van der Waals surface area contributed by atoms with E-state index in [0.717, 1.165) is 42.1 Å². The van der Waals surface area contributed by atoms with Crippen molar-refractivity contribution in [2.45, 2.75) is 25.3 Å². The molecule has 1 saturated heterocycles. The molecule has 1 aromatic rings. The van der Waals surface area contributed by atoms with Crippen LogP contribution in [0.4, 0.5) is 0 Å². The Labute approximate surface area is 125 Å². The quantitative estimate of drug-likeness (QED) is 0.914. The van der Waals surface area contributed by atoms with Gasteiger partial charge in [-0.1, -0.05) is 29.6 Å². The minimum Gasteiger partial charge on any atom is -0.314 e. The van der Waals surface area contributed by atoms with Crippen LogP contribution in [0.25, 0.3) is 0 Å². The molecule has 0 amide bonds. The molecular weight excluding hydrogens is 279 g/mol. The molecule has 1 saturated carbocycles. The van der Waals surface area contributed by atoms with Gasteiger partial charge in [0.25, 0.3) is 0 Å². The van der Waals surface area contributed by atoms with Gasteiger partial charge in [0.2, 0.25) is 0 Å². The maximum absolute atomic E-state index is 6.18. The minimum atomic E-state index is 0.493. The number of hydrogen-bond acceptors (Lipinski definition) is 2. The molecule has 2 nitrogen and oxygen atoms in total. The zero-order chi connectivity index (χ0) is 13.2. The number of halogens is 2. The van der Waals surface area contributed by atoms with E-state index in [9.17, 15) is 0 Å². The predicted octanol–water partition coefficient (Wildman–Crippen LogP) is 3.74. The van der Waals surface area contributed by atoms with Crippen LogP contribution in [0.2, 0.25) is 10.0 Å². The van der Waals surface area contributed by atoms with Crippen molar-refractivity contribution in [2.24, 2.45) is 5.92 Å². The van der Waals surface area contributed by atoms with Crippen LogP contribution in [0.3, 0.4) is 0 Å². The Morgan fingerprint density at radius 1 is 1.05 bits per heavy atom. The monoisotopic (exact) mass is 298 g/mol. The molecule has 1 aromatic carbocycles. The number of hydrogen-bond donors (Lipinski definition) is 1. The highest BCUT2D eigenvalue weighted by atomic mass is 35.5. The molecule has 1 aliphatic heterocycles. The van der Waals surface area contributed by atoms with E-state index in [1.54, 1.807) is 0 Å². The zero-order valence-electron chi connectivity index (χ0n) is 11.0. The van der Waals surface area contributed by atoms with Crippen molar-refractivity contribution in [3.8, 4) is 0 Å². The Hall–Kier alpha value is -0.280. The average molecular weight is 299 g/mol. The molecule has 19 heavy (non-hydrogen) atoms. The van der Waals surface area contributed by atoms with Crippen LogP contribution >= 0.6 is 23.2 Å². The fourth-order valence-electron chi connectivity index (χ4n) is 3.24. The molecule has 2 fully saturated rings. The highest BCUT2D eigenvalue weighted by Crippen LogP contribution is 2.42. The zero-order valence-corrected chi connectivity index (χ0v) is 12.6. The minimum absolute atomic E-state index is 0.493. The first-order chi connectivity index (χ1) is 9.24. The molecule has 2 aliphatic rings. The molecule has 0 radical (unpaired) electrons. The Bertz CT molecular complexity index is 420. The third-order valence-corrected chi connectivity index (χ3v) is 4.80. The van der Waals surface area contributed by atoms with Gasteiger partial charge in [0.1, 0.15) is 0 Å². The highest BCUT2D eigenvalue weighted by molar-refractivity contribution is 6.34. The normalized spacial score (nSPS) is 23.1. The van der Waals surface area contributed by atoms with E-state index in [0.29, 0.717) is 6.04 Å². The van der Waals surface area contributed by atoms with Gasteiger partial charge >= 0.3 is 0 Å². The van der Waals surface area contributed by atoms with Gasteiger partial charge in [-0.25, -0.2) is 0 Å². The summed E-state index contributed by atoms with van der Waals surface area (Å²) in [6.07, 6.45) is 4.03. The molecule has 104 valence electrons. The fourth-order valence-corrected chi connectivity index (χ4v) is 3.79. The van der Waals surface area contributed by atoms with Crippen LogP contribution in [0, 0.1) is 5.92 Å². The number of rotatable bonds is 3. The molecule has 0 spiro atoms. The second-order valence-electron chi connectivity index (χ2n) is 5.62. The second kappa shape index (κ2) is 6.01. The lowest BCUT2D eigenvalue weighted by molar-refractivity contribution is 0.0837. The summed E-state index contributed by atoms with van der Waals surface area (Å²) in [5.41, 5.74) is 1.30. The van der Waals surface area contributed by atoms with Crippen LogP contribution < -0.4 is 5.32 Å². The van der Waals surface area contributed by atoms with E-state index < -0.39 is 0 Å². The van der Waals surface area contributed by atoms with Gasteiger partial charge in [0.05, 0.1) is 0 Å². The Balaban J connectivity index is 1.88. The Kier molecular flexibility index (Phi) is 4.33. The first kappa shape index (κ1) is 13.7. The third-order valence-electron chi connectivity index (χ3n) is 4.37. The molecule has 1 aliphatic carbocycles. The van der Waals surface area contributed by atoms with Crippen molar-refractivity contribution in [2.75, 3.05) is 26.2 Å². The summed E-state index contributed by atoms with van der Waals surface area (Å²) in [6.45, 7) is 4.39. The summed E-state index contributed by atoms with van der Waals surface area (Å²) in [6, 6.07) is 6.51. The average Bonchev–Trinajstić information content (AvgIpc) is 2.33. The van der Waals surface area contributed by atoms with Crippen LogP contribution in [0.5, 0.6) is 0 Å². The van der Waals surface area contributed by atoms with Crippen LogP contribution in [0.1, 0.15) is 30.9 Å². The highest BCUT2D eigenvalue weighted by Gasteiger charge is 2.33. The first-order valence-electron chi connectivity index (χ1n) is 7.15. The molecule has 1 heterocycles. The number of nitrogens with one attached hydrogen (secondary N) is 1. The second-order valence-corrected chi connectivity index (χ2v) is 6.50. The van der Waals surface area contributed by atoms with Gasteiger partial charge in [-0.15, -0.1) is 0 Å². The lowest BCUT2D eigenvalue weighted by Crippen LogP contribution is -2.47. The smallest absolute Gasteiger partial charge is 0.0424 e. The molecule has 4 heteroatoms. The number of benzene rings is 1. The summed E-state index contributed by atoms with van der Waals surface area (Å²) in [7, 11) is 0. The van der Waals surface area contributed by atoms with Gasteiger partial charge in [0.15, 0.2) is 0 Å². The standard InChI is InChI=1S/C15H20Cl2N2/c16-13-8-12(9-14(17)10-13)15(11-2-1-3-11)19-6-4-18-5-7-19/h8-11,15,18H,1-7H2/t15-/m1/s1. The van der Waals surface area contributed by atoms with Crippen molar-refractivity contribution < 1.29 is 0 Å². The summed E-state index contributed by atoms with van der Waals surface area (Å²) < 4.78 is 0. The van der Waals surface area contributed by atoms with E-state index in [1.807, 2.05) is 6.07 Å². The SMILES string of the molecule is Clc1cc(Cl)cc([C@@H](C2CCC2)N2CCNCC2)c1. The molecular formula is C15H20Cl2N2. The molecule has 3 rings (SSSR count). The summed E-state index contributed by atoms with van der Waals surface area (Å²) in [5.74, 6) is 0.771. The van der Waals surface area contributed by atoms with E-state index in [4.69, 9.17) is 23.2 Å².